The number of hydrogen-bond acceptors (Lipinski definition) is 3. The average molecular weight is 270 g/mol. The minimum Gasteiger partial charge on any atom is -0.388 e. The summed E-state index contributed by atoms with van der Waals surface area (Å²) in [5, 5.41) is 7.19. The molecule has 2 aromatic rings. The summed E-state index contributed by atoms with van der Waals surface area (Å²) in [6.45, 7) is 6.01. The molecule has 0 fully saturated rings. The molecule has 0 aromatic carbocycles. The zero-order valence-corrected chi connectivity index (χ0v) is 12.4. The maximum atomic E-state index is 7.19. The third-order valence-electron chi connectivity index (χ3n) is 2.68. The molecule has 20 heavy (non-hydrogen) atoms. The predicted molar refractivity (Wildman–Crippen MR) is 83.8 cm³/mol. The van der Waals surface area contributed by atoms with Crippen LogP contribution in [-0.4, -0.2) is 15.8 Å². The van der Waals surface area contributed by atoms with Crippen LogP contribution < -0.4 is 5.73 Å². The Morgan fingerprint density at radius 1 is 1.05 bits per heavy atom. The summed E-state index contributed by atoms with van der Waals surface area (Å²) in [6, 6.07) is 7.94. The van der Waals surface area contributed by atoms with E-state index in [0.717, 1.165) is 28.9 Å². The summed E-state index contributed by atoms with van der Waals surface area (Å²) < 4.78 is 0. The van der Waals surface area contributed by atoms with Crippen LogP contribution >= 0.6 is 0 Å². The van der Waals surface area contributed by atoms with Crippen LogP contribution in [0.4, 0.5) is 0 Å². The monoisotopic (exact) mass is 270 g/mol. The van der Waals surface area contributed by atoms with Crippen molar-refractivity contribution in [3.8, 4) is 11.4 Å². The molecule has 4 heteroatoms. The lowest BCUT2D eigenvalue weighted by atomic mass is 10.1. The van der Waals surface area contributed by atoms with Gasteiger partial charge < -0.3 is 5.73 Å². The first-order valence-electron chi connectivity index (χ1n) is 6.86. The van der Waals surface area contributed by atoms with Gasteiger partial charge in [0.05, 0.1) is 17.2 Å². The van der Waals surface area contributed by atoms with Gasteiger partial charge in [-0.05, 0) is 36.6 Å². The van der Waals surface area contributed by atoms with Gasteiger partial charge in [0.2, 0.25) is 0 Å². The number of aromatic nitrogens is 2. The van der Waals surface area contributed by atoms with E-state index in [-0.39, 0.29) is 5.84 Å². The fourth-order valence-electron chi connectivity index (χ4n) is 1.62. The molecule has 0 atom stereocenters. The van der Waals surface area contributed by atoms with Crippen molar-refractivity contribution in [1.29, 1.82) is 5.41 Å². The second-order valence-corrected chi connectivity index (χ2v) is 4.30. The van der Waals surface area contributed by atoms with E-state index in [1.54, 1.807) is 0 Å². The average Bonchev–Trinajstić information content (AvgIpc) is 2.49. The Labute approximate surface area is 120 Å². The van der Waals surface area contributed by atoms with Crippen molar-refractivity contribution in [1.82, 2.24) is 9.97 Å². The maximum Gasteiger partial charge on any atom is 0.0908 e. The minimum absolute atomic E-state index is 0.208. The lowest BCUT2D eigenvalue weighted by molar-refractivity contribution is 1.00. The Morgan fingerprint density at radius 2 is 1.65 bits per heavy atom. The van der Waals surface area contributed by atoms with Crippen LogP contribution in [0.1, 0.15) is 31.4 Å². The van der Waals surface area contributed by atoms with Crippen LogP contribution in [0.15, 0.2) is 36.7 Å². The van der Waals surface area contributed by atoms with E-state index in [4.69, 9.17) is 11.1 Å². The highest BCUT2D eigenvalue weighted by Gasteiger charge is 2.01. The van der Waals surface area contributed by atoms with Crippen molar-refractivity contribution >= 4 is 5.84 Å². The Hall–Kier alpha value is -2.23. The zero-order chi connectivity index (χ0) is 15.0. The summed E-state index contributed by atoms with van der Waals surface area (Å²) >= 11 is 0. The molecule has 2 heterocycles. The third kappa shape index (κ3) is 4.80. The molecule has 2 aromatic heterocycles. The second-order valence-electron chi connectivity index (χ2n) is 4.30. The number of nitrogens with zero attached hydrogens (tertiary/aromatic N) is 2. The fraction of sp³-hybridized carbons (Fsp3) is 0.312. The van der Waals surface area contributed by atoms with E-state index in [2.05, 4.69) is 9.97 Å². The normalized spacial score (nSPS) is 9.55. The third-order valence-corrected chi connectivity index (χ3v) is 2.68. The predicted octanol–water partition coefficient (Wildman–Crippen LogP) is 3.35. The van der Waals surface area contributed by atoms with E-state index in [9.17, 15) is 0 Å². The van der Waals surface area contributed by atoms with Crippen molar-refractivity contribution in [2.75, 3.05) is 0 Å². The number of pyridine rings is 2. The van der Waals surface area contributed by atoms with Crippen LogP contribution in [0.3, 0.4) is 0 Å². The lowest BCUT2D eigenvalue weighted by Gasteiger charge is -2.03. The molecule has 0 saturated heterocycles. The number of hydrogen-bond donors (Lipinski definition) is 2. The second kappa shape index (κ2) is 8.04. The Kier molecular flexibility index (Phi) is 6.37. The molecule has 0 aliphatic heterocycles. The van der Waals surface area contributed by atoms with Gasteiger partial charge in [0, 0.05) is 18.8 Å². The lowest BCUT2D eigenvalue weighted by Crippen LogP contribution is -2.10. The first-order valence-corrected chi connectivity index (χ1v) is 6.86. The fourth-order valence-corrected chi connectivity index (χ4v) is 1.62. The first kappa shape index (κ1) is 15.8. The number of amidine groups is 1. The van der Waals surface area contributed by atoms with E-state index in [1.807, 2.05) is 57.4 Å². The zero-order valence-electron chi connectivity index (χ0n) is 12.4. The number of nitrogens with one attached hydrogen (secondary N) is 1. The number of rotatable bonds is 4. The largest absolute Gasteiger partial charge is 0.388 e. The SMILES string of the molecule is CC.Cc1ccc(-c2ccc(CCC(=N)N)cn2)nc1. The molecule has 0 spiro atoms. The van der Waals surface area contributed by atoms with Gasteiger partial charge in [0.25, 0.3) is 0 Å². The van der Waals surface area contributed by atoms with Gasteiger partial charge in [-0.3, -0.25) is 15.4 Å². The highest BCUT2D eigenvalue weighted by Crippen LogP contribution is 2.15. The van der Waals surface area contributed by atoms with Gasteiger partial charge >= 0.3 is 0 Å². The molecule has 0 aliphatic carbocycles. The van der Waals surface area contributed by atoms with Crippen LogP contribution in [0.25, 0.3) is 11.4 Å². The van der Waals surface area contributed by atoms with Crippen molar-refractivity contribution in [2.45, 2.75) is 33.6 Å². The molecule has 0 aliphatic rings. The summed E-state index contributed by atoms with van der Waals surface area (Å²) in [5.74, 6) is 0.208. The van der Waals surface area contributed by atoms with Gasteiger partial charge in [-0.2, -0.15) is 0 Å². The van der Waals surface area contributed by atoms with E-state index in [0.29, 0.717) is 6.42 Å². The first-order chi connectivity index (χ1) is 9.65. The summed E-state index contributed by atoms with van der Waals surface area (Å²) in [4.78, 5) is 8.72. The summed E-state index contributed by atoms with van der Waals surface area (Å²) in [7, 11) is 0. The Morgan fingerprint density at radius 3 is 2.10 bits per heavy atom. The van der Waals surface area contributed by atoms with Crippen LogP contribution in [0.2, 0.25) is 0 Å². The summed E-state index contributed by atoms with van der Waals surface area (Å²) in [6.07, 6.45) is 4.98. The molecular formula is C16H22N4. The van der Waals surface area contributed by atoms with Crippen molar-refractivity contribution < 1.29 is 0 Å². The van der Waals surface area contributed by atoms with Crippen molar-refractivity contribution in [3.63, 3.8) is 0 Å². The molecule has 4 nitrogen and oxygen atoms in total. The highest BCUT2D eigenvalue weighted by molar-refractivity contribution is 5.77. The Bertz CT molecular complexity index is 529. The van der Waals surface area contributed by atoms with E-state index < -0.39 is 0 Å². The maximum absolute atomic E-state index is 7.19. The quantitative estimate of drug-likeness (QED) is 0.660. The van der Waals surface area contributed by atoms with Gasteiger partial charge in [0.1, 0.15) is 0 Å². The number of aryl methyl sites for hydroxylation is 2. The minimum atomic E-state index is 0.208. The molecule has 106 valence electrons. The topological polar surface area (TPSA) is 75.7 Å². The smallest absolute Gasteiger partial charge is 0.0908 e. The standard InChI is InChI=1S/C14H16N4.C2H6/c1-10-2-5-12(17-8-10)13-6-3-11(9-18-13)4-7-14(15)16;1-2/h2-3,5-6,8-9H,4,7H2,1H3,(H3,15,16);1-2H3. The van der Waals surface area contributed by atoms with Gasteiger partial charge in [-0.25, -0.2) is 0 Å². The highest BCUT2D eigenvalue weighted by atomic mass is 14.8. The number of nitrogens with two attached hydrogens (primary N) is 1. The van der Waals surface area contributed by atoms with Gasteiger partial charge in [-0.15, -0.1) is 0 Å². The van der Waals surface area contributed by atoms with E-state index in [1.165, 1.54) is 0 Å². The van der Waals surface area contributed by atoms with Crippen LogP contribution in [-0.2, 0) is 6.42 Å². The van der Waals surface area contributed by atoms with E-state index >= 15 is 0 Å². The molecule has 0 amide bonds. The Balaban J connectivity index is 0.000000956. The molecule has 2 rings (SSSR count). The van der Waals surface area contributed by atoms with Gasteiger partial charge in [-0.1, -0.05) is 26.0 Å². The van der Waals surface area contributed by atoms with Crippen LogP contribution in [0, 0.1) is 12.3 Å². The molecule has 0 saturated carbocycles. The summed E-state index contributed by atoms with van der Waals surface area (Å²) in [5.41, 5.74) is 9.28. The molecule has 0 unspecified atom stereocenters. The molecular weight excluding hydrogens is 248 g/mol. The van der Waals surface area contributed by atoms with Crippen molar-refractivity contribution in [2.24, 2.45) is 5.73 Å². The van der Waals surface area contributed by atoms with Crippen LogP contribution in [0.5, 0.6) is 0 Å². The van der Waals surface area contributed by atoms with Gasteiger partial charge in [0.15, 0.2) is 0 Å². The molecule has 0 bridgehead atoms. The van der Waals surface area contributed by atoms with Crippen molar-refractivity contribution in [3.05, 3.63) is 47.8 Å². The molecule has 3 N–H and O–H groups in total. The molecule has 0 radical (unpaired) electrons.